The molecule has 0 amide bonds. The predicted octanol–water partition coefficient (Wildman–Crippen LogP) is 1.52. The minimum atomic E-state index is -0.589. The van der Waals surface area contributed by atoms with Gasteiger partial charge >= 0.3 is 0 Å². The first kappa shape index (κ1) is 16.5. The number of phenolic OH excluding ortho intramolecular Hbond substituents is 2. The van der Waals surface area contributed by atoms with Gasteiger partial charge in [0.05, 0.1) is 32.6 Å². The molecule has 0 aromatic heterocycles. The maximum Gasteiger partial charge on any atom is 0.190 e. The first-order chi connectivity index (χ1) is 13.0. The molecule has 0 bridgehead atoms. The zero-order valence-corrected chi connectivity index (χ0v) is 13.7. The molecule has 0 spiro atoms. The number of fused-ring (bicyclic) bond motifs is 2. The number of benzene rings is 4. The third-order valence-corrected chi connectivity index (χ3v) is 4.35. The van der Waals surface area contributed by atoms with Crippen molar-refractivity contribution in [1.82, 2.24) is 0 Å². The molecule has 3 N–H and O–H groups in total. The summed E-state index contributed by atoms with van der Waals surface area (Å²) >= 11 is 0. The topological polar surface area (TPSA) is 120 Å². The number of rotatable bonds is 1. The second kappa shape index (κ2) is 6.06. The van der Waals surface area contributed by atoms with Gasteiger partial charge in [0, 0.05) is 0 Å². The molecule has 0 heterocycles. The van der Waals surface area contributed by atoms with Gasteiger partial charge in [0.1, 0.15) is 16.9 Å². The molecule has 4 rings (SSSR count). The number of nitrogens with zero attached hydrogens (tertiary/aromatic N) is 2. The van der Waals surface area contributed by atoms with Gasteiger partial charge in [0.2, 0.25) is 0 Å². The van der Waals surface area contributed by atoms with Crippen LogP contribution in [0.4, 0.5) is 5.69 Å². The molecule has 27 heavy (non-hydrogen) atoms. The van der Waals surface area contributed by atoms with Gasteiger partial charge in [0.25, 0.3) is 0 Å². The fourth-order valence-corrected chi connectivity index (χ4v) is 3.16. The molecule has 4 aromatic rings. The standard InChI is InChI=1S/C20H12N2O5/c23-13-8-6-11(21-10-4-2-1-3-5-10)15-17(13)20(26)16-12(22-27)7-9-14(24)18(16)19(15)25/h1-9,25-27H. The Morgan fingerprint density at radius 2 is 1.15 bits per heavy atom. The molecular weight excluding hydrogens is 348 g/mol. The van der Waals surface area contributed by atoms with Crippen molar-refractivity contribution in [1.29, 1.82) is 0 Å². The highest BCUT2D eigenvalue weighted by molar-refractivity contribution is 6.10. The Kier molecular flexibility index (Phi) is 3.70. The van der Waals surface area contributed by atoms with Crippen LogP contribution in [0.1, 0.15) is 0 Å². The molecule has 7 nitrogen and oxygen atoms in total. The van der Waals surface area contributed by atoms with Crippen LogP contribution in [0, 0.1) is 0 Å². The van der Waals surface area contributed by atoms with Crippen molar-refractivity contribution in [3.63, 3.8) is 0 Å². The monoisotopic (exact) mass is 360 g/mol. The van der Waals surface area contributed by atoms with E-state index >= 15 is 0 Å². The van der Waals surface area contributed by atoms with E-state index in [-0.39, 0.29) is 32.3 Å². The highest BCUT2D eigenvalue weighted by Gasteiger charge is 2.20. The van der Waals surface area contributed by atoms with E-state index in [1.165, 1.54) is 18.2 Å². The Bertz CT molecular complexity index is 1430. The zero-order chi connectivity index (χ0) is 19.1. The Hall–Kier alpha value is -4.00. The van der Waals surface area contributed by atoms with Gasteiger partial charge < -0.3 is 15.4 Å². The van der Waals surface area contributed by atoms with Crippen LogP contribution in [0.5, 0.6) is 11.5 Å². The quantitative estimate of drug-likeness (QED) is 0.206. The highest BCUT2D eigenvalue weighted by atomic mass is 16.4. The van der Waals surface area contributed by atoms with E-state index in [4.69, 9.17) is 5.21 Å². The molecule has 0 aliphatic heterocycles. The smallest absolute Gasteiger partial charge is 0.190 e. The molecule has 132 valence electrons. The highest BCUT2D eigenvalue weighted by Crippen LogP contribution is 2.35. The van der Waals surface area contributed by atoms with Crippen molar-refractivity contribution in [2.75, 3.05) is 0 Å². The maximum atomic E-state index is 12.4. The Morgan fingerprint density at radius 3 is 1.70 bits per heavy atom. The predicted molar refractivity (Wildman–Crippen MR) is 98.7 cm³/mol. The Labute approximate surface area is 150 Å². The summed E-state index contributed by atoms with van der Waals surface area (Å²) in [5, 5.41) is 33.1. The summed E-state index contributed by atoms with van der Waals surface area (Å²) in [5.41, 5.74) is -0.584. The van der Waals surface area contributed by atoms with Crippen molar-refractivity contribution >= 4 is 27.2 Å². The molecule has 0 radical (unpaired) electrons. The third-order valence-electron chi connectivity index (χ3n) is 4.35. The van der Waals surface area contributed by atoms with Crippen LogP contribution in [0.3, 0.4) is 0 Å². The number of para-hydroxylation sites is 1. The summed E-state index contributed by atoms with van der Waals surface area (Å²) in [7, 11) is 0. The molecule has 0 atom stereocenters. The normalized spacial score (nSPS) is 12.9. The molecule has 0 aliphatic rings. The average Bonchev–Trinajstić information content (AvgIpc) is 2.68. The van der Waals surface area contributed by atoms with Crippen molar-refractivity contribution < 1.29 is 15.4 Å². The molecule has 0 saturated heterocycles. The van der Waals surface area contributed by atoms with Gasteiger partial charge in [0.15, 0.2) is 10.9 Å². The van der Waals surface area contributed by atoms with E-state index in [9.17, 15) is 19.8 Å². The fraction of sp³-hybridized carbons (Fsp3) is 0. The number of hydrogen-bond acceptors (Lipinski definition) is 7. The van der Waals surface area contributed by atoms with Crippen molar-refractivity contribution in [3.05, 3.63) is 85.8 Å². The van der Waals surface area contributed by atoms with E-state index in [1.54, 1.807) is 24.3 Å². The minimum absolute atomic E-state index is 0.0384. The second-order valence-corrected chi connectivity index (χ2v) is 5.91. The van der Waals surface area contributed by atoms with Gasteiger partial charge in [-0.15, -0.1) is 0 Å². The number of phenols is 2. The molecule has 0 aliphatic carbocycles. The molecule has 0 saturated carbocycles. The summed E-state index contributed by atoms with van der Waals surface area (Å²) in [6.07, 6.45) is 0. The Morgan fingerprint density at radius 1 is 0.630 bits per heavy atom. The van der Waals surface area contributed by atoms with Crippen LogP contribution in [-0.2, 0) is 0 Å². The van der Waals surface area contributed by atoms with Crippen LogP contribution in [0.25, 0.3) is 21.5 Å². The van der Waals surface area contributed by atoms with Crippen molar-refractivity contribution in [2.24, 2.45) is 10.1 Å². The third kappa shape index (κ3) is 2.44. The maximum absolute atomic E-state index is 12.4. The van der Waals surface area contributed by atoms with E-state index in [1.807, 2.05) is 6.07 Å². The van der Waals surface area contributed by atoms with Gasteiger partial charge in [-0.25, -0.2) is 4.99 Å². The van der Waals surface area contributed by atoms with Crippen LogP contribution >= 0.6 is 0 Å². The summed E-state index contributed by atoms with van der Waals surface area (Å²) in [4.78, 5) is 29.1. The van der Waals surface area contributed by atoms with Crippen molar-refractivity contribution in [3.8, 4) is 11.5 Å². The fourth-order valence-electron chi connectivity index (χ4n) is 3.16. The largest absolute Gasteiger partial charge is 0.506 e. The van der Waals surface area contributed by atoms with Crippen molar-refractivity contribution in [2.45, 2.75) is 0 Å². The molecule has 4 aromatic carbocycles. The molecule has 7 heteroatoms. The van der Waals surface area contributed by atoms with E-state index in [0.29, 0.717) is 5.69 Å². The van der Waals surface area contributed by atoms with Gasteiger partial charge in [-0.3, -0.25) is 9.59 Å². The summed E-state index contributed by atoms with van der Waals surface area (Å²) < 4.78 is 0. The molecule has 0 unspecified atom stereocenters. The summed E-state index contributed by atoms with van der Waals surface area (Å²) in [6.45, 7) is 0. The SMILES string of the molecule is O=c1ccc(=NO)c2c(O)c3c(=O)ccc(=Nc4ccccc4)c3c(O)c12. The lowest BCUT2D eigenvalue weighted by Gasteiger charge is -2.08. The van der Waals surface area contributed by atoms with Gasteiger partial charge in [-0.1, -0.05) is 23.4 Å². The molecular formula is C20H12N2O5. The van der Waals surface area contributed by atoms with Crippen LogP contribution in [0.2, 0.25) is 0 Å². The van der Waals surface area contributed by atoms with Gasteiger partial charge in [-0.05, 0) is 36.4 Å². The summed E-state index contributed by atoms with van der Waals surface area (Å²) in [6, 6.07) is 13.8. The van der Waals surface area contributed by atoms with Gasteiger partial charge in [-0.2, -0.15) is 0 Å². The lowest BCUT2D eigenvalue weighted by Crippen LogP contribution is -2.16. The lowest BCUT2D eigenvalue weighted by molar-refractivity contribution is 0.302. The van der Waals surface area contributed by atoms with Crippen LogP contribution in [0.15, 0.2) is 74.3 Å². The van der Waals surface area contributed by atoms with Crippen LogP contribution < -0.4 is 21.6 Å². The van der Waals surface area contributed by atoms with E-state index < -0.39 is 22.4 Å². The lowest BCUT2D eigenvalue weighted by atomic mass is 9.99. The average molecular weight is 360 g/mol. The number of hydrogen-bond donors (Lipinski definition) is 3. The zero-order valence-electron chi connectivity index (χ0n) is 13.7. The summed E-state index contributed by atoms with van der Waals surface area (Å²) in [5.74, 6) is -1.04. The first-order valence-corrected chi connectivity index (χ1v) is 7.96. The van der Waals surface area contributed by atoms with Crippen LogP contribution in [-0.4, -0.2) is 15.4 Å². The van der Waals surface area contributed by atoms with E-state index in [2.05, 4.69) is 10.1 Å². The first-order valence-electron chi connectivity index (χ1n) is 7.96. The second-order valence-electron chi connectivity index (χ2n) is 5.91. The van der Waals surface area contributed by atoms with E-state index in [0.717, 1.165) is 6.07 Å². The minimum Gasteiger partial charge on any atom is -0.506 e. The molecule has 0 fully saturated rings. The number of aromatic hydroxyl groups is 2. The Balaban J connectivity index is 2.34.